The van der Waals surface area contributed by atoms with E-state index in [1.54, 1.807) is 0 Å². The summed E-state index contributed by atoms with van der Waals surface area (Å²) in [6.07, 6.45) is 6.21. The van der Waals surface area contributed by atoms with Gasteiger partial charge in [0.2, 0.25) is 0 Å². The van der Waals surface area contributed by atoms with Gasteiger partial charge in [0.05, 0.1) is 6.10 Å². The minimum atomic E-state index is -0.180. The molecular weight excluding hydrogens is 180 g/mol. The lowest BCUT2D eigenvalue weighted by Crippen LogP contribution is -2.22. The highest BCUT2D eigenvalue weighted by Crippen LogP contribution is 2.14. The third kappa shape index (κ3) is 5.58. The molecule has 3 heteroatoms. The molecule has 1 N–H and O–H groups in total. The normalized spacial score (nSPS) is 24.9. The molecule has 1 saturated heterocycles. The van der Waals surface area contributed by atoms with E-state index in [0.29, 0.717) is 0 Å². The molecule has 1 fully saturated rings. The summed E-state index contributed by atoms with van der Waals surface area (Å²) in [6, 6.07) is 0. The van der Waals surface area contributed by atoms with Gasteiger partial charge in [0.25, 0.3) is 0 Å². The number of unbranched alkanes of at least 4 members (excludes halogenated alkanes) is 1. The van der Waals surface area contributed by atoms with E-state index in [0.717, 1.165) is 38.9 Å². The molecule has 0 spiro atoms. The molecular formula is C11H22O3. The summed E-state index contributed by atoms with van der Waals surface area (Å²) in [5.41, 5.74) is 0. The Kier molecular flexibility index (Phi) is 6.15. The first-order valence-corrected chi connectivity index (χ1v) is 5.70. The van der Waals surface area contributed by atoms with Gasteiger partial charge in [-0.1, -0.05) is 0 Å². The van der Waals surface area contributed by atoms with Gasteiger partial charge in [-0.05, 0) is 45.4 Å². The Morgan fingerprint density at radius 1 is 1.43 bits per heavy atom. The molecule has 1 aliphatic heterocycles. The summed E-state index contributed by atoms with van der Waals surface area (Å²) in [5, 5.41) is 9.03. The second-order valence-corrected chi connectivity index (χ2v) is 4.01. The van der Waals surface area contributed by atoms with E-state index in [1.165, 1.54) is 12.8 Å². The van der Waals surface area contributed by atoms with Crippen molar-refractivity contribution in [2.45, 2.75) is 57.8 Å². The smallest absolute Gasteiger partial charge is 0.157 e. The molecule has 0 saturated carbocycles. The zero-order valence-electron chi connectivity index (χ0n) is 9.08. The third-order valence-corrected chi connectivity index (χ3v) is 2.46. The summed E-state index contributed by atoms with van der Waals surface area (Å²) in [5.74, 6) is 0. The van der Waals surface area contributed by atoms with Gasteiger partial charge in [-0.2, -0.15) is 0 Å². The van der Waals surface area contributed by atoms with E-state index in [2.05, 4.69) is 0 Å². The van der Waals surface area contributed by atoms with Crippen molar-refractivity contribution in [3.05, 3.63) is 0 Å². The first-order valence-electron chi connectivity index (χ1n) is 5.70. The highest BCUT2D eigenvalue weighted by Gasteiger charge is 2.13. The number of hydrogen-bond donors (Lipinski definition) is 1. The Morgan fingerprint density at radius 3 is 2.93 bits per heavy atom. The first kappa shape index (κ1) is 12.0. The molecule has 0 amide bonds. The second-order valence-electron chi connectivity index (χ2n) is 4.01. The predicted octanol–water partition coefficient (Wildman–Crippen LogP) is 2.08. The summed E-state index contributed by atoms with van der Waals surface area (Å²) in [6.45, 7) is 3.43. The number of rotatable bonds is 6. The van der Waals surface area contributed by atoms with Crippen molar-refractivity contribution in [3.8, 4) is 0 Å². The highest BCUT2D eigenvalue weighted by atomic mass is 16.7. The van der Waals surface area contributed by atoms with Crippen LogP contribution in [0.4, 0.5) is 0 Å². The van der Waals surface area contributed by atoms with Crippen molar-refractivity contribution < 1.29 is 14.6 Å². The molecule has 1 heterocycles. The fourth-order valence-electron chi connectivity index (χ4n) is 1.60. The largest absolute Gasteiger partial charge is 0.393 e. The van der Waals surface area contributed by atoms with Gasteiger partial charge in [-0.15, -0.1) is 0 Å². The van der Waals surface area contributed by atoms with E-state index < -0.39 is 0 Å². The van der Waals surface area contributed by atoms with E-state index in [1.807, 2.05) is 6.92 Å². The maximum Gasteiger partial charge on any atom is 0.157 e. The summed E-state index contributed by atoms with van der Waals surface area (Å²) in [7, 11) is 0. The van der Waals surface area contributed by atoms with Crippen molar-refractivity contribution >= 4 is 0 Å². The quantitative estimate of drug-likeness (QED) is 0.670. The van der Waals surface area contributed by atoms with Crippen molar-refractivity contribution in [3.63, 3.8) is 0 Å². The summed E-state index contributed by atoms with van der Waals surface area (Å²) in [4.78, 5) is 0. The number of aliphatic hydroxyl groups excluding tert-OH is 1. The molecule has 0 radical (unpaired) electrons. The van der Waals surface area contributed by atoms with Crippen LogP contribution in [0.1, 0.15) is 45.4 Å². The monoisotopic (exact) mass is 202 g/mol. The van der Waals surface area contributed by atoms with Crippen LogP contribution in [0.3, 0.4) is 0 Å². The molecule has 1 rings (SSSR count). The molecule has 2 unspecified atom stereocenters. The minimum Gasteiger partial charge on any atom is -0.393 e. The molecule has 2 atom stereocenters. The Hall–Kier alpha value is -0.120. The fourth-order valence-corrected chi connectivity index (χ4v) is 1.60. The van der Waals surface area contributed by atoms with Gasteiger partial charge in [0.15, 0.2) is 6.29 Å². The van der Waals surface area contributed by atoms with Crippen molar-refractivity contribution in [1.82, 2.24) is 0 Å². The van der Waals surface area contributed by atoms with Gasteiger partial charge in [-0.3, -0.25) is 0 Å². The lowest BCUT2D eigenvalue weighted by Gasteiger charge is -2.22. The molecule has 0 aromatic rings. The van der Waals surface area contributed by atoms with E-state index in [9.17, 15) is 0 Å². The molecule has 0 aliphatic carbocycles. The van der Waals surface area contributed by atoms with E-state index in [-0.39, 0.29) is 12.4 Å². The van der Waals surface area contributed by atoms with Crippen molar-refractivity contribution in [1.29, 1.82) is 0 Å². The molecule has 0 aromatic heterocycles. The number of hydrogen-bond acceptors (Lipinski definition) is 3. The highest BCUT2D eigenvalue weighted by molar-refractivity contribution is 4.54. The number of ether oxygens (including phenoxy) is 2. The third-order valence-electron chi connectivity index (χ3n) is 2.46. The Bertz CT molecular complexity index is 130. The summed E-state index contributed by atoms with van der Waals surface area (Å²) >= 11 is 0. The van der Waals surface area contributed by atoms with Gasteiger partial charge >= 0.3 is 0 Å². The standard InChI is InChI=1S/C11H22O3/c1-10(12)6-2-4-8-13-11-7-3-5-9-14-11/h10-12H,2-9H2,1H3. The SMILES string of the molecule is CC(O)CCCCOC1CCCCO1. The topological polar surface area (TPSA) is 38.7 Å². The average Bonchev–Trinajstić information content (AvgIpc) is 2.18. The van der Waals surface area contributed by atoms with Gasteiger partial charge < -0.3 is 14.6 Å². The molecule has 1 aliphatic rings. The van der Waals surface area contributed by atoms with E-state index >= 15 is 0 Å². The van der Waals surface area contributed by atoms with Crippen LogP contribution in [-0.2, 0) is 9.47 Å². The summed E-state index contributed by atoms with van der Waals surface area (Å²) < 4.78 is 11.0. The van der Waals surface area contributed by atoms with Crippen LogP contribution in [0.15, 0.2) is 0 Å². The molecule has 14 heavy (non-hydrogen) atoms. The zero-order valence-corrected chi connectivity index (χ0v) is 9.08. The van der Waals surface area contributed by atoms with Crippen molar-refractivity contribution in [2.75, 3.05) is 13.2 Å². The van der Waals surface area contributed by atoms with Crippen LogP contribution >= 0.6 is 0 Å². The maximum absolute atomic E-state index is 9.03. The van der Waals surface area contributed by atoms with E-state index in [4.69, 9.17) is 14.6 Å². The number of aliphatic hydroxyl groups is 1. The van der Waals surface area contributed by atoms with Crippen LogP contribution in [0.2, 0.25) is 0 Å². The molecule has 0 bridgehead atoms. The van der Waals surface area contributed by atoms with Crippen molar-refractivity contribution in [2.24, 2.45) is 0 Å². The Balaban J connectivity index is 1.87. The van der Waals surface area contributed by atoms with Gasteiger partial charge in [-0.25, -0.2) is 0 Å². The lowest BCUT2D eigenvalue weighted by atomic mass is 10.2. The molecule has 3 nitrogen and oxygen atoms in total. The fraction of sp³-hybridized carbons (Fsp3) is 1.00. The Morgan fingerprint density at radius 2 is 2.29 bits per heavy atom. The van der Waals surface area contributed by atoms with Crippen LogP contribution in [0.5, 0.6) is 0 Å². The molecule has 84 valence electrons. The van der Waals surface area contributed by atoms with Gasteiger partial charge in [0, 0.05) is 13.2 Å². The Labute approximate surface area is 86.4 Å². The van der Waals surface area contributed by atoms with Crippen LogP contribution in [0, 0.1) is 0 Å². The average molecular weight is 202 g/mol. The second kappa shape index (κ2) is 7.21. The van der Waals surface area contributed by atoms with Gasteiger partial charge in [0.1, 0.15) is 0 Å². The first-order chi connectivity index (χ1) is 6.79. The maximum atomic E-state index is 9.03. The van der Waals surface area contributed by atoms with Crippen LogP contribution < -0.4 is 0 Å². The van der Waals surface area contributed by atoms with Crippen LogP contribution in [-0.4, -0.2) is 30.7 Å². The lowest BCUT2D eigenvalue weighted by molar-refractivity contribution is -0.162. The predicted molar refractivity (Wildman–Crippen MR) is 55.1 cm³/mol. The minimum absolute atomic E-state index is 0.0373. The molecule has 0 aromatic carbocycles. The zero-order chi connectivity index (χ0) is 10.2. The van der Waals surface area contributed by atoms with Crippen LogP contribution in [0.25, 0.3) is 0 Å².